The van der Waals surface area contributed by atoms with Crippen LogP contribution in [0.25, 0.3) is 0 Å². The maximum atomic E-state index is 12.8. The van der Waals surface area contributed by atoms with Gasteiger partial charge in [-0.15, -0.1) is 0 Å². The summed E-state index contributed by atoms with van der Waals surface area (Å²) >= 11 is 5.56. The maximum Gasteiger partial charge on any atom is 0.417 e. The molecule has 0 heterocycles. The third-order valence-electron chi connectivity index (χ3n) is 3.64. The lowest BCUT2D eigenvalue weighted by atomic mass is 10.1. The van der Waals surface area contributed by atoms with Gasteiger partial charge in [-0.05, 0) is 42.3 Å². The molecule has 0 spiro atoms. The Morgan fingerprint density at radius 3 is 2.38 bits per heavy atom. The average Bonchev–Trinajstić information content (AvgIpc) is 2.60. The average molecular weight is 388 g/mol. The second-order valence-corrected chi connectivity index (χ2v) is 5.84. The Bertz CT molecular complexity index is 794. The Morgan fingerprint density at radius 1 is 1.08 bits per heavy atom. The van der Waals surface area contributed by atoms with Crippen LogP contribution in [-0.4, -0.2) is 20.1 Å². The zero-order chi connectivity index (χ0) is 19.3. The molecule has 2 aromatic carbocycles. The molecule has 0 saturated carbocycles. The van der Waals surface area contributed by atoms with Crippen LogP contribution in [0.5, 0.6) is 11.5 Å². The number of anilines is 1. The highest BCUT2D eigenvalue weighted by molar-refractivity contribution is 6.31. The molecule has 0 atom stereocenters. The van der Waals surface area contributed by atoms with E-state index < -0.39 is 22.7 Å². The predicted molar refractivity (Wildman–Crippen MR) is 93.0 cm³/mol. The number of amides is 1. The highest BCUT2D eigenvalue weighted by Crippen LogP contribution is 2.36. The fraction of sp³-hybridized carbons (Fsp3) is 0.278. The second-order valence-electron chi connectivity index (χ2n) is 5.43. The highest BCUT2D eigenvalue weighted by atomic mass is 35.5. The van der Waals surface area contributed by atoms with Crippen molar-refractivity contribution in [1.29, 1.82) is 0 Å². The zero-order valence-corrected chi connectivity index (χ0v) is 14.9. The van der Waals surface area contributed by atoms with Gasteiger partial charge in [0.2, 0.25) is 5.91 Å². The number of hydrogen-bond acceptors (Lipinski definition) is 3. The van der Waals surface area contributed by atoms with Crippen molar-refractivity contribution >= 4 is 23.2 Å². The molecule has 0 aliphatic rings. The quantitative estimate of drug-likeness (QED) is 0.763. The Morgan fingerprint density at radius 2 is 1.77 bits per heavy atom. The minimum atomic E-state index is -4.59. The molecule has 0 radical (unpaired) electrons. The normalized spacial score (nSPS) is 11.2. The SMILES string of the molecule is COc1ccc(CCC(=O)Nc2ccc(Cl)c(C(F)(F)F)c2)cc1OC. The van der Waals surface area contributed by atoms with Crippen LogP contribution in [0.1, 0.15) is 17.5 Å². The standard InChI is InChI=1S/C18H17ClF3NO3/c1-25-15-7-3-11(9-16(15)26-2)4-8-17(24)23-12-5-6-14(19)13(10-12)18(20,21)22/h3,5-7,9-10H,4,8H2,1-2H3,(H,23,24). The van der Waals surface area contributed by atoms with Gasteiger partial charge in [0.15, 0.2) is 11.5 Å². The van der Waals surface area contributed by atoms with E-state index in [2.05, 4.69) is 5.32 Å². The molecule has 4 nitrogen and oxygen atoms in total. The van der Waals surface area contributed by atoms with Gasteiger partial charge < -0.3 is 14.8 Å². The minimum absolute atomic E-state index is 0.0408. The van der Waals surface area contributed by atoms with Crippen LogP contribution in [0, 0.1) is 0 Å². The van der Waals surface area contributed by atoms with Gasteiger partial charge in [-0.1, -0.05) is 17.7 Å². The summed E-state index contributed by atoms with van der Waals surface area (Å²) < 4.78 is 48.9. The van der Waals surface area contributed by atoms with E-state index in [0.717, 1.165) is 17.7 Å². The van der Waals surface area contributed by atoms with Gasteiger partial charge in [-0.2, -0.15) is 13.2 Å². The molecule has 26 heavy (non-hydrogen) atoms. The highest BCUT2D eigenvalue weighted by Gasteiger charge is 2.33. The number of halogens is 4. The summed E-state index contributed by atoms with van der Waals surface area (Å²) in [6.45, 7) is 0. The van der Waals surface area contributed by atoms with Gasteiger partial charge in [-0.3, -0.25) is 4.79 Å². The van der Waals surface area contributed by atoms with Crippen molar-refractivity contribution in [2.75, 3.05) is 19.5 Å². The summed E-state index contributed by atoms with van der Waals surface area (Å²) in [5.74, 6) is 0.703. The number of aryl methyl sites for hydroxylation is 1. The number of nitrogens with one attached hydrogen (secondary N) is 1. The van der Waals surface area contributed by atoms with Crippen LogP contribution in [0.15, 0.2) is 36.4 Å². The van der Waals surface area contributed by atoms with E-state index in [0.29, 0.717) is 17.9 Å². The number of carbonyl (C=O) groups excluding carboxylic acids is 1. The van der Waals surface area contributed by atoms with Gasteiger partial charge in [0, 0.05) is 12.1 Å². The number of rotatable bonds is 6. The third kappa shape index (κ3) is 5.05. The van der Waals surface area contributed by atoms with Crippen LogP contribution in [0.3, 0.4) is 0 Å². The van der Waals surface area contributed by atoms with Gasteiger partial charge in [0.1, 0.15) is 0 Å². The molecular weight excluding hydrogens is 371 g/mol. The van der Waals surface area contributed by atoms with Crippen LogP contribution >= 0.6 is 11.6 Å². The molecule has 2 rings (SSSR count). The van der Waals surface area contributed by atoms with Gasteiger partial charge in [-0.25, -0.2) is 0 Å². The first-order chi connectivity index (χ1) is 12.2. The van der Waals surface area contributed by atoms with E-state index in [1.807, 2.05) is 0 Å². The topological polar surface area (TPSA) is 47.6 Å². The van der Waals surface area contributed by atoms with E-state index in [-0.39, 0.29) is 12.1 Å². The second kappa shape index (κ2) is 8.31. The lowest BCUT2D eigenvalue weighted by Gasteiger charge is -2.12. The first-order valence-corrected chi connectivity index (χ1v) is 8.00. The minimum Gasteiger partial charge on any atom is -0.493 e. The number of ether oxygens (including phenoxy) is 2. The summed E-state index contributed by atoms with van der Waals surface area (Å²) in [6.07, 6.45) is -4.09. The van der Waals surface area contributed by atoms with Crippen molar-refractivity contribution in [3.05, 3.63) is 52.5 Å². The van der Waals surface area contributed by atoms with E-state index in [4.69, 9.17) is 21.1 Å². The van der Waals surface area contributed by atoms with Crippen LogP contribution < -0.4 is 14.8 Å². The summed E-state index contributed by atoms with van der Waals surface area (Å²) in [5, 5.41) is 2.03. The first-order valence-electron chi connectivity index (χ1n) is 7.62. The Hall–Kier alpha value is -2.41. The van der Waals surface area contributed by atoms with Crippen molar-refractivity contribution < 1.29 is 27.4 Å². The molecule has 0 bridgehead atoms. The van der Waals surface area contributed by atoms with Gasteiger partial charge >= 0.3 is 6.18 Å². The monoisotopic (exact) mass is 387 g/mol. The van der Waals surface area contributed by atoms with Crippen molar-refractivity contribution in [1.82, 2.24) is 0 Å². The summed E-state index contributed by atoms with van der Waals surface area (Å²) in [7, 11) is 3.03. The molecule has 0 aromatic heterocycles. The largest absolute Gasteiger partial charge is 0.493 e. The van der Waals surface area contributed by atoms with Crippen LogP contribution in [0.2, 0.25) is 5.02 Å². The van der Waals surface area contributed by atoms with Crippen LogP contribution in [-0.2, 0) is 17.4 Å². The van der Waals surface area contributed by atoms with Crippen molar-refractivity contribution in [3.8, 4) is 11.5 Å². The first kappa shape index (κ1) is 19.9. The lowest BCUT2D eigenvalue weighted by Crippen LogP contribution is -2.14. The molecule has 0 unspecified atom stereocenters. The fourth-order valence-electron chi connectivity index (χ4n) is 2.34. The molecular formula is C18H17ClF3NO3. The van der Waals surface area contributed by atoms with Crippen molar-refractivity contribution in [2.45, 2.75) is 19.0 Å². The van der Waals surface area contributed by atoms with Crippen LogP contribution in [0.4, 0.5) is 18.9 Å². The van der Waals surface area contributed by atoms with Gasteiger partial charge in [0.05, 0.1) is 24.8 Å². The molecule has 0 fully saturated rings. The zero-order valence-electron chi connectivity index (χ0n) is 14.1. The Balaban J connectivity index is 2.01. The smallest absolute Gasteiger partial charge is 0.417 e. The molecule has 8 heteroatoms. The number of carbonyl (C=O) groups is 1. The molecule has 0 aliphatic heterocycles. The number of alkyl halides is 3. The molecule has 140 valence electrons. The lowest BCUT2D eigenvalue weighted by molar-refractivity contribution is -0.137. The number of benzene rings is 2. The third-order valence-corrected chi connectivity index (χ3v) is 3.97. The van der Waals surface area contributed by atoms with Crippen molar-refractivity contribution in [3.63, 3.8) is 0 Å². The van der Waals surface area contributed by atoms with E-state index in [1.165, 1.54) is 20.3 Å². The molecule has 0 aliphatic carbocycles. The predicted octanol–water partition coefficient (Wildman–Crippen LogP) is 4.95. The summed E-state index contributed by atoms with van der Waals surface area (Å²) in [5.41, 5.74) is -0.110. The molecule has 2 aromatic rings. The van der Waals surface area contributed by atoms with E-state index in [1.54, 1.807) is 18.2 Å². The Kier molecular flexibility index (Phi) is 6.37. The van der Waals surface area contributed by atoms with E-state index >= 15 is 0 Å². The Labute approximate surface area is 153 Å². The molecule has 0 saturated heterocycles. The summed E-state index contributed by atoms with van der Waals surface area (Å²) in [6, 6.07) is 8.51. The summed E-state index contributed by atoms with van der Waals surface area (Å²) in [4.78, 5) is 12.0. The molecule has 1 N–H and O–H groups in total. The number of methoxy groups -OCH3 is 2. The van der Waals surface area contributed by atoms with Gasteiger partial charge in [0.25, 0.3) is 0 Å². The van der Waals surface area contributed by atoms with Crippen molar-refractivity contribution in [2.24, 2.45) is 0 Å². The number of hydrogen-bond donors (Lipinski definition) is 1. The maximum absolute atomic E-state index is 12.8. The fourth-order valence-corrected chi connectivity index (χ4v) is 2.56. The van der Waals surface area contributed by atoms with E-state index in [9.17, 15) is 18.0 Å². The molecule has 1 amide bonds.